The van der Waals surface area contributed by atoms with Crippen LogP contribution in [0.25, 0.3) is 0 Å². The summed E-state index contributed by atoms with van der Waals surface area (Å²) in [4.78, 5) is 11.9. The molecule has 0 heterocycles. The van der Waals surface area contributed by atoms with Gasteiger partial charge in [-0.25, -0.2) is 0 Å². The van der Waals surface area contributed by atoms with Crippen LogP contribution in [0.15, 0.2) is 42.5 Å². The Balaban J connectivity index is 2.02. The van der Waals surface area contributed by atoms with Gasteiger partial charge < -0.3 is 5.32 Å². The van der Waals surface area contributed by atoms with Crippen LogP contribution in [0.3, 0.4) is 0 Å². The van der Waals surface area contributed by atoms with Gasteiger partial charge in [0.25, 0.3) is 0 Å². The molecule has 0 spiro atoms. The highest BCUT2D eigenvalue weighted by Crippen LogP contribution is 2.34. The lowest BCUT2D eigenvalue weighted by atomic mass is 10.0. The van der Waals surface area contributed by atoms with E-state index in [-0.39, 0.29) is 12.1 Å². The average Bonchev–Trinajstić information content (AvgIpc) is 2.48. The normalized spacial score (nSPS) is 11.3. The van der Waals surface area contributed by atoms with Gasteiger partial charge in [0.05, 0.1) is 11.3 Å². The molecule has 0 aromatic heterocycles. The SMILES string of the molecule is Cc1ccc(CCC(=O)Nc2ccccc2C(F)(F)F)cc1C. The number of carbonyl (C=O) groups excluding carboxylic acids is 1. The zero-order valence-corrected chi connectivity index (χ0v) is 13.0. The number of hydrogen-bond donors (Lipinski definition) is 1. The summed E-state index contributed by atoms with van der Waals surface area (Å²) >= 11 is 0. The summed E-state index contributed by atoms with van der Waals surface area (Å²) in [6.07, 6.45) is -3.87. The van der Waals surface area contributed by atoms with E-state index in [0.717, 1.165) is 22.8 Å². The van der Waals surface area contributed by atoms with E-state index < -0.39 is 17.6 Å². The number of para-hydroxylation sites is 1. The molecular weight excluding hydrogens is 303 g/mol. The van der Waals surface area contributed by atoms with Gasteiger partial charge in [-0.2, -0.15) is 13.2 Å². The summed E-state index contributed by atoms with van der Waals surface area (Å²) in [6, 6.07) is 10.9. The van der Waals surface area contributed by atoms with E-state index in [1.165, 1.54) is 18.2 Å². The molecule has 0 fully saturated rings. The third-order valence-corrected chi connectivity index (χ3v) is 3.72. The first-order valence-corrected chi connectivity index (χ1v) is 7.29. The molecule has 0 saturated carbocycles. The maximum atomic E-state index is 12.9. The number of aryl methyl sites for hydroxylation is 3. The minimum absolute atomic E-state index is 0.134. The van der Waals surface area contributed by atoms with E-state index >= 15 is 0 Å². The van der Waals surface area contributed by atoms with Crippen molar-refractivity contribution in [2.24, 2.45) is 0 Å². The summed E-state index contributed by atoms with van der Waals surface area (Å²) in [5.41, 5.74) is 2.25. The van der Waals surface area contributed by atoms with E-state index in [1.807, 2.05) is 32.0 Å². The third kappa shape index (κ3) is 4.58. The number of hydrogen-bond acceptors (Lipinski definition) is 1. The van der Waals surface area contributed by atoms with E-state index in [0.29, 0.717) is 6.42 Å². The first-order chi connectivity index (χ1) is 10.8. The van der Waals surface area contributed by atoms with Crippen LogP contribution in [-0.2, 0) is 17.4 Å². The molecule has 0 unspecified atom stereocenters. The van der Waals surface area contributed by atoms with Crippen molar-refractivity contribution in [1.82, 2.24) is 0 Å². The second-order valence-corrected chi connectivity index (χ2v) is 5.51. The van der Waals surface area contributed by atoms with Gasteiger partial charge in [0, 0.05) is 6.42 Å². The summed E-state index contributed by atoms with van der Waals surface area (Å²) in [5, 5.41) is 2.35. The minimum Gasteiger partial charge on any atom is -0.325 e. The van der Waals surface area contributed by atoms with Gasteiger partial charge in [0.2, 0.25) is 5.91 Å². The number of alkyl halides is 3. The largest absolute Gasteiger partial charge is 0.418 e. The monoisotopic (exact) mass is 321 g/mol. The Labute approximate surface area is 133 Å². The van der Waals surface area contributed by atoms with Crippen LogP contribution in [0.2, 0.25) is 0 Å². The molecule has 2 aromatic carbocycles. The molecule has 0 bridgehead atoms. The fourth-order valence-corrected chi connectivity index (χ4v) is 2.27. The maximum absolute atomic E-state index is 12.9. The zero-order chi connectivity index (χ0) is 17.0. The summed E-state index contributed by atoms with van der Waals surface area (Å²) in [7, 11) is 0. The quantitative estimate of drug-likeness (QED) is 0.853. The second kappa shape index (κ2) is 6.86. The minimum atomic E-state index is -4.49. The third-order valence-electron chi connectivity index (χ3n) is 3.72. The van der Waals surface area contributed by atoms with Gasteiger partial charge in [0.1, 0.15) is 0 Å². The van der Waals surface area contributed by atoms with E-state index in [1.54, 1.807) is 0 Å². The Bertz CT molecular complexity index is 708. The molecule has 0 aliphatic carbocycles. The molecule has 0 aliphatic rings. The molecule has 0 saturated heterocycles. The van der Waals surface area contributed by atoms with Crippen molar-refractivity contribution in [3.8, 4) is 0 Å². The van der Waals surface area contributed by atoms with Crippen molar-refractivity contribution in [3.63, 3.8) is 0 Å². The molecule has 0 atom stereocenters. The van der Waals surface area contributed by atoms with Gasteiger partial charge in [-0.15, -0.1) is 0 Å². The first kappa shape index (κ1) is 17.1. The van der Waals surface area contributed by atoms with E-state index in [9.17, 15) is 18.0 Å². The standard InChI is InChI=1S/C18H18F3NO/c1-12-7-8-14(11-13(12)2)9-10-17(23)22-16-6-4-3-5-15(16)18(19,20)21/h3-8,11H,9-10H2,1-2H3,(H,22,23). The molecule has 2 nitrogen and oxygen atoms in total. The van der Waals surface area contributed by atoms with Crippen LogP contribution in [0.1, 0.15) is 28.7 Å². The Morgan fingerprint density at radius 3 is 2.39 bits per heavy atom. The highest BCUT2D eigenvalue weighted by atomic mass is 19.4. The number of amides is 1. The average molecular weight is 321 g/mol. The van der Waals surface area contributed by atoms with Gasteiger partial charge >= 0.3 is 6.18 Å². The topological polar surface area (TPSA) is 29.1 Å². The van der Waals surface area contributed by atoms with Crippen LogP contribution < -0.4 is 5.32 Å². The molecule has 1 amide bonds. The molecule has 23 heavy (non-hydrogen) atoms. The van der Waals surface area contributed by atoms with E-state index in [4.69, 9.17) is 0 Å². The number of anilines is 1. The smallest absolute Gasteiger partial charge is 0.325 e. The predicted molar refractivity (Wildman–Crippen MR) is 84.3 cm³/mol. The van der Waals surface area contributed by atoms with Crippen LogP contribution >= 0.6 is 0 Å². The molecule has 2 aromatic rings. The summed E-state index contributed by atoms with van der Waals surface area (Å²) < 4.78 is 38.6. The van der Waals surface area contributed by atoms with Crippen LogP contribution in [0.5, 0.6) is 0 Å². The number of benzene rings is 2. The number of carbonyl (C=O) groups is 1. The van der Waals surface area contributed by atoms with Crippen molar-refractivity contribution in [3.05, 3.63) is 64.7 Å². The van der Waals surface area contributed by atoms with Crippen LogP contribution in [-0.4, -0.2) is 5.91 Å². The maximum Gasteiger partial charge on any atom is 0.418 e. The van der Waals surface area contributed by atoms with Crippen LogP contribution in [0, 0.1) is 13.8 Å². The van der Waals surface area contributed by atoms with Gasteiger partial charge in [-0.05, 0) is 49.1 Å². The second-order valence-electron chi connectivity index (χ2n) is 5.51. The van der Waals surface area contributed by atoms with Gasteiger partial charge in [-0.3, -0.25) is 4.79 Å². The lowest BCUT2D eigenvalue weighted by Gasteiger charge is -2.13. The molecular formula is C18H18F3NO. The van der Waals surface area contributed by atoms with Gasteiger partial charge in [0.15, 0.2) is 0 Å². The molecule has 0 aliphatic heterocycles. The number of halogens is 3. The van der Waals surface area contributed by atoms with Crippen molar-refractivity contribution in [2.45, 2.75) is 32.9 Å². The van der Waals surface area contributed by atoms with Crippen molar-refractivity contribution in [2.75, 3.05) is 5.32 Å². The Morgan fingerprint density at radius 2 is 1.74 bits per heavy atom. The first-order valence-electron chi connectivity index (χ1n) is 7.29. The Hall–Kier alpha value is -2.30. The zero-order valence-electron chi connectivity index (χ0n) is 13.0. The molecule has 0 radical (unpaired) electrons. The molecule has 1 N–H and O–H groups in total. The number of nitrogens with one attached hydrogen (secondary N) is 1. The Kier molecular flexibility index (Phi) is 5.08. The molecule has 2 rings (SSSR count). The lowest BCUT2D eigenvalue weighted by Crippen LogP contribution is -2.16. The molecule has 122 valence electrons. The van der Waals surface area contributed by atoms with Crippen molar-refractivity contribution < 1.29 is 18.0 Å². The summed E-state index contributed by atoms with van der Waals surface area (Å²) in [5.74, 6) is -0.431. The lowest BCUT2D eigenvalue weighted by molar-refractivity contribution is -0.137. The highest BCUT2D eigenvalue weighted by Gasteiger charge is 2.33. The fraction of sp³-hybridized carbons (Fsp3) is 0.278. The molecule has 5 heteroatoms. The Morgan fingerprint density at radius 1 is 1.04 bits per heavy atom. The summed E-state index contributed by atoms with van der Waals surface area (Å²) in [6.45, 7) is 3.98. The highest BCUT2D eigenvalue weighted by molar-refractivity contribution is 5.91. The predicted octanol–water partition coefficient (Wildman–Crippen LogP) is 4.89. The van der Waals surface area contributed by atoms with Crippen molar-refractivity contribution >= 4 is 11.6 Å². The van der Waals surface area contributed by atoms with E-state index in [2.05, 4.69) is 5.32 Å². The van der Waals surface area contributed by atoms with Gasteiger partial charge in [-0.1, -0.05) is 30.3 Å². The fourth-order valence-electron chi connectivity index (χ4n) is 2.27. The van der Waals surface area contributed by atoms with Crippen LogP contribution in [0.4, 0.5) is 18.9 Å². The number of rotatable bonds is 4. The van der Waals surface area contributed by atoms with Crippen molar-refractivity contribution in [1.29, 1.82) is 0 Å².